The maximum atomic E-state index is 2.74. The molecular formula is C17H37N. The molecule has 0 bridgehead atoms. The van der Waals surface area contributed by atoms with E-state index in [1.54, 1.807) is 0 Å². The molecule has 0 aromatic rings. The minimum Gasteiger partial charge on any atom is -0.301 e. The van der Waals surface area contributed by atoms with E-state index >= 15 is 0 Å². The molecule has 110 valence electrons. The standard InChI is InChI=1S/C17H37N/c1-5-9-11-13-16-18(8-4)17(14-7-3)15-12-10-6-2/h17H,5-16H2,1-4H3. The van der Waals surface area contributed by atoms with Crippen LogP contribution in [0, 0.1) is 0 Å². The van der Waals surface area contributed by atoms with Gasteiger partial charge in [-0.3, -0.25) is 0 Å². The lowest BCUT2D eigenvalue weighted by atomic mass is 10.0. The van der Waals surface area contributed by atoms with Crippen LogP contribution in [0.4, 0.5) is 0 Å². The largest absolute Gasteiger partial charge is 0.301 e. The Labute approximate surface area is 116 Å². The zero-order valence-electron chi connectivity index (χ0n) is 13.5. The van der Waals surface area contributed by atoms with Crippen molar-refractivity contribution in [3.05, 3.63) is 0 Å². The van der Waals surface area contributed by atoms with E-state index in [4.69, 9.17) is 0 Å². The normalized spacial score (nSPS) is 13.2. The SMILES string of the molecule is CCCCCCN(CC)C(CCC)CCCCC. The first-order valence-corrected chi connectivity index (χ1v) is 8.54. The molecule has 1 atom stereocenters. The molecule has 0 saturated carbocycles. The molecule has 0 spiro atoms. The van der Waals surface area contributed by atoms with Crippen LogP contribution in [0.15, 0.2) is 0 Å². The van der Waals surface area contributed by atoms with E-state index in [2.05, 4.69) is 32.6 Å². The van der Waals surface area contributed by atoms with Gasteiger partial charge in [-0.25, -0.2) is 0 Å². The molecule has 1 nitrogen and oxygen atoms in total. The highest BCUT2D eigenvalue weighted by Gasteiger charge is 2.15. The lowest BCUT2D eigenvalue weighted by Crippen LogP contribution is -2.36. The average Bonchev–Trinajstić information content (AvgIpc) is 2.38. The Morgan fingerprint density at radius 2 is 1.33 bits per heavy atom. The van der Waals surface area contributed by atoms with Crippen LogP contribution in [0.2, 0.25) is 0 Å². The molecule has 0 rings (SSSR count). The maximum Gasteiger partial charge on any atom is 0.00950 e. The van der Waals surface area contributed by atoms with Crippen molar-refractivity contribution in [2.24, 2.45) is 0 Å². The summed E-state index contributed by atoms with van der Waals surface area (Å²) < 4.78 is 0. The number of hydrogen-bond acceptors (Lipinski definition) is 1. The minimum atomic E-state index is 0.855. The lowest BCUT2D eigenvalue weighted by molar-refractivity contribution is 0.178. The van der Waals surface area contributed by atoms with Gasteiger partial charge in [0.05, 0.1) is 0 Å². The van der Waals surface area contributed by atoms with E-state index < -0.39 is 0 Å². The Hall–Kier alpha value is -0.0400. The van der Waals surface area contributed by atoms with Crippen LogP contribution >= 0.6 is 0 Å². The summed E-state index contributed by atoms with van der Waals surface area (Å²) in [4.78, 5) is 2.74. The van der Waals surface area contributed by atoms with Gasteiger partial charge in [0.1, 0.15) is 0 Å². The van der Waals surface area contributed by atoms with Crippen LogP contribution < -0.4 is 0 Å². The van der Waals surface area contributed by atoms with Crippen molar-refractivity contribution in [1.29, 1.82) is 0 Å². The molecular weight excluding hydrogens is 218 g/mol. The van der Waals surface area contributed by atoms with E-state index in [-0.39, 0.29) is 0 Å². The summed E-state index contributed by atoms with van der Waals surface area (Å²) in [5.41, 5.74) is 0. The highest BCUT2D eigenvalue weighted by molar-refractivity contribution is 4.71. The molecule has 0 N–H and O–H groups in total. The van der Waals surface area contributed by atoms with Gasteiger partial charge in [0.2, 0.25) is 0 Å². The van der Waals surface area contributed by atoms with Crippen molar-refractivity contribution in [2.75, 3.05) is 13.1 Å². The molecule has 18 heavy (non-hydrogen) atoms. The third kappa shape index (κ3) is 8.97. The van der Waals surface area contributed by atoms with Gasteiger partial charge in [-0.2, -0.15) is 0 Å². The second-order valence-electron chi connectivity index (χ2n) is 5.63. The van der Waals surface area contributed by atoms with Crippen molar-refractivity contribution in [3.63, 3.8) is 0 Å². The van der Waals surface area contributed by atoms with E-state index in [9.17, 15) is 0 Å². The van der Waals surface area contributed by atoms with Gasteiger partial charge in [-0.05, 0) is 32.4 Å². The van der Waals surface area contributed by atoms with Gasteiger partial charge < -0.3 is 4.90 Å². The molecule has 0 aromatic carbocycles. The Morgan fingerprint density at radius 1 is 0.667 bits per heavy atom. The van der Waals surface area contributed by atoms with Gasteiger partial charge in [0.15, 0.2) is 0 Å². The number of hydrogen-bond donors (Lipinski definition) is 0. The van der Waals surface area contributed by atoms with Crippen LogP contribution in [0.3, 0.4) is 0 Å². The molecule has 1 heteroatoms. The molecule has 1 unspecified atom stereocenters. The van der Waals surface area contributed by atoms with Gasteiger partial charge in [-0.15, -0.1) is 0 Å². The molecule has 0 heterocycles. The first-order chi connectivity index (χ1) is 8.79. The maximum absolute atomic E-state index is 2.74. The van der Waals surface area contributed by atoms with E-state index in [0.29, 0.717) is 0 Å². The Morgan fingerprint density at radius 3 is 1.89 bits per heavy atom. The average molecular weight is 255 g/mol. The summed E-state index contributed by atoms with van der Waals surface area (Å²) in [6.07, 6.45) is 13.9. The third-order valence-corrected chi connectivity index (χ3v) is 3.98. The van der Waals surface area contributed by atoms with Crippen molar-refractivity contribution in [3.8, 4) is 0 Å². The highest BCUT2D eigenvalue weighted by atomic mass is 15.1. The molecule has 0 aliphatic heterocycles. The molecule has 0 aliphatic rings. The van der Waals surface area contributed by atoms with Crippen molar-refractivity contribution >= 4 is 0 Å². The molecule has 0 amide bonds. The van der Waals surface area contributed by atoms with Crippen molar-refractivity contribution in [1.82, 2.24) is 4.90 Å². The smallest absolute Gasteiger partial charge is 0.00950 e. The van der Waals surface area contributed by atoms with Crippen LogP contribution in [0.1, 0.15) is 91.9 Å². The lowest BCUT2D eigenvalue weighted by Gasteiger charge is -2.31. The van der Waals surface area contributed by atoms with Crippen LogP contribution in [0.25, 0.3) is 0 Å². The zero-order valence-corrected chi connectivity index (χ0v) is 13.5. The molecule has 0 saturated heterocycles. The Balaban J connectivity index is 3.98. The summed E-state index contributed by atoms with van der Waals surface area (Å²) in [5.74, 6) is 0. The van der Waals surface area contributed by atoms with Crippen molar-refractivity contribution < 1.29 is 0 Å². The fourth-order valence-corrected chi connectivity index (χ4v) is 2.81. The summed E-state index contributed by atoms with van der Waals surface area (Å²) >= 11 is 0. The second kappa shape index (κ2) is 13.4. The first-order valence-electron chi connectivity index (χ1n) is 8.54. The van der Waals surface area contributed by atoms with Crippen LogP contribution in [0.5, 0.6) is 0 Å². The highest BCUT2D eigenvalue weighted by Crippen LogP contribution is 2.16. The van der Waals surface area contributed by atoms with E-state index in [0.717, 1.165) is 6.04 Å². The van der Waals surface area contributed by atoms with E-state index in [1.807, 2.05) is 0 Å². The molecule has 0 radical (unpaired) electrons. The van der Waals surface area contributed by atoms with Gasteiger partial charge in [0, 0.05) is 6.04 Å². The molecule has 0 fully saturated rings. The number of rotatable bonds is 13. The predicted octanol–water partition coefficient (Wildman–Crippen LogP) is 5.64. The summed E-state index contributed by atoms with van der Waals surface area (Å²) in [6, 6.07) is 0.855. The van der Waals surface area contributed by atoms with Gasteiger partial charge in [0.25, 0.3) is 0 Å². The molecule has 0 aliphatic carbocycles. The minimum absolute atomic E-state index is 0.855. The van der Waals surface area contributed by atoms with Gasteiger partial charge in [-0.1, -0.05) is 72.6 Å². The topological polar surface area (TPSA) is 3.24 Å². The number of nitrogens with zero attached hydrogens (tertiary/aromatic N) is 1. The summed E-state index contributed by atoms with van der Waals surface area (Å²) in [6.45, 7) is 11.8. The predicted molar refractivity (Wildman–Crippen MR) is 84.2 cm³/mol. The zero-order chi connectivity index (χ0) is 13.6. The monoisotopic (exact) mass is 255 g/mol. The fraction of sp³-hybridized carbons (Fsp3) is 1.00. The second-order valence-corrected chi connectivity index (χ2v) is 5.63. The number of unbranched alkanes of at least 4 members (excludes halogenated alkanes) is 5. The Bertz CT molecular complexity index is 156. The van der Waals surface area contributed by atoms with E-state index in [1.165, 1.54) is 77.3 Å². The summed E-state index contributed by atoms with van der Waals surface area (Å²) in [5, 5.41) is 0. The van der Waals surface area contributed by atoms with Crippen LogP contribution in [-0.2, 0) is 0 Å². The van der Waals surface area contributed by atoms with Gasteiger partial charge >= 0.3 is 0 Å². The van der Waals surface area contributed by atoms with Crippen LogP contribution in [-0.4, -0.2) is 24.0 Å². The summed E-state index contributed by atoms with van der Waals surface area (Å²) in [7, 11) is 0. The third-order valence-electron chi connectivity index (χ3n) is 3.98. The van der Waals surface area contributed by atoms with Crippen molar-refractivity contribution in [2.45, 2.75) is 97.9 Å². The first kappa shape index (κ1) is 18.0. The quantitative estimate of drug-likeness (QED) is 0.385. The Kier molecular flexibility index (Phi) is 13.4. The fourth-order valence-electron chi connectivity index (χ4n) is 2.81. The molecule has 0 aromatic heterocycles.